The number of sulfonamides is 1. The Labute approximate surface area is 140 Å². The van der Waals surface area contributed by atoms with Crippen LogP contribution in [0.5, 0.6) is 0 Å². The molecule has 1 N–H and O–H groups in total. The Bertz CT molecular complexity index is 591. The first-order valence-corrected chi connectivity index (χ1v) is 9.71. The Morgan fingerprint density at radius 2 is 1.61 bits per heavy atom. The SMILES string of the molecule is CCCN(CCC)S(=O)(=O)c1ccc(NC(=O)C(C)CC)cc1. The first kappa shape index (κ1) is 19.6. The highest BCUT2D eigenvalue weighted by molar-refractivity contribution is 7.89. The Morgan fingerprint density at radius 3 is 2.04 bits per heavy atom. The standard InChI is InChI=1S/C17H28N2O3S/c1-5-12-19(13-6-2)23(21,22)16-10-8-15(9-11-16)18-17(20)14(4)7-3/h8-11,14H,5-7,12-13H2,1-4H3,(H,18,20). The van der Waals surface area contributed by atoms with Crippen LogP contribution in [0.1, 0.15) is 47.0 Å². The average Bonchev–Trinajstić information content (AvgIpc) is 2.54. The first-order valence-electron chi connectivity index (χ1n) is 8.27. The van der Waals surface area contributed by atoms with Crippen molar-refractivity contribution in [1.82, 2.24) is 4.31 Å². The van der Waals surface area contributed by atoms with Gasteiger partial charge in [0, 0.05) is 24.7 Å². The van der Waals surface area contributed by atoms with Crippen molar-refractivity contribution in [3.8, 4) is 0 Å². The summed E-state index contributed by atoms with van der Waals surface area (Å²) in [6.45, 7) is 8.78. The topological polar surface area (TPSA) is 66.5 Å². The van der Waals surface area contributed by atoms with Gasteiger partial charge in [-0.15, -0.1) is 0 Å². The second kappa shape index (κ2) is 9.03. The van der Waals surface area contributed by atoms with E-state index in [-0.39, 0.29) is 16.7 Å². The number of nitrogens with zero attached hydrogens (tertiary/aromatic N) is 1. The van der Waals surface area contributed by atoms with Gasteiger partial charge in [0.2, 0.25) is 15.9 Å². The van der Waals surface area contributed by atoms with E-state index in [0.29, 0.717) is 18.8 Å². The second-order valence-electron chi connectivity index (χ2n) is 5.73. The molecule has 1 atom stereocenters. The van der Waals surface area contributed by atoms with E-state index in [9.17, 15) is 13.2 Å². The van der Waals surface area contributed by atoms with Crippen LogP contribution < -0.4 is 5.32 Å². The minimum atomic E-state index is -3.47. The minimum Gasteiger partial charge on any atom is -0.326 e. The monoisotopic (exact) mass is 340 g/mol. The summed E-state index contributed by atoms with van der Waals surface area (Å²) in [4.78, 5) is 12.1. The molecule has 1 unspecified atom stereocenters. The molecule has 0 aromatic heterocycles. The third-order valence-electron chi connectivity index (χ3n) is 3.77. The van der Waals surface area contributed by atoms with Crippen LogP contribution in [0.15, 0.2) is 29.2 Å². The molecule has 1 rings (SSSR count). The van der Waals surface area contributed by atoms with Crippen molar-refractivity contribution in [3.05, 3.63) is 24.3 Å². The van der Waals surface area contributed by atoms with Crippen LogP contribution in [-0.2, 0) is 14.8 Å². The molecular weight excluding hydrogens is 312 g/mol. The van der Waals surface area contributed by atoms with E-state index < -0.39 is 10.0 Å². The molecule has 23 heavy (non-hydrogen) atoms. The molecule has 1 aromatic carbocycles. The molecule has 0 saturated heterocycles. The summed E-state index contributed by atoms with van der Waals surface area (Å²) in [6.07, 6.45) is 2.33. The number of anilines is 1. The Hall–Kier alpha value is -1.40. The molecule has 0 bridgehead atoms. The van der Waals surface area contributed by atoms with Gasteiger partial charge in [0.1, 0.15) is 0 Å². The van der Waals surface area contributed by atoms with Gasteiger partial charge < -0.3 is 5.32 Å². The maximum atomic E-state index is 12.6. The predicted molar refractivity (Wildman–Crippen MR) is 93.9 cm³/mol. The zero-order chi connectivity index (χ0) is 17.5. The van der Waals surface area contributed by atoms with E-state index in [2.05, 4.69) is 5.32 Å². The van der Waals surface area contributed by atoms with E-state index in [1.165, 1.54) is 4.31 Å². The molecule has 0 radical (unpaired) electrons. The zero-order valence-electron chi connectivity index (χ0n) is 14.5. The quantitative estimate of drug-likeness (QED) is 0.748. The molecule has 0 aliphatic carbocycles. The van der Waals surface area contributed by atoms with Gasteiger partial charge in [0.15, 0.2) is 0 Å². The number of rotatable bonds is 9. The number of benzene rings is 1. The van der Waals surface area contributed by atoms with Crippen molar-refractivity contribution in [1.29, 1.82) is 0 Å². The molecule has 0 saturated carbocycles. The van der Waals surface area contributed by atoms with E-state index in [0.717, 1.165) is 19.3 Å². The van der Waals surface area contributed by atoms with Crippen molar-refractivity contribution in [2.24, 2.45) is 5.92 Å². The smallest absolute Gasteiger partial charge is 0.243 e. The average molecular weight is 340 g/mol. The fourth-order valence-corrected chi connectivity index (χ4v) is 3.79. The maximum Gasteiger partial charge on any atom is 0.243 e. The van der Waals surface area contributed by atoms with E-state index in [1.54, 1.807) is 24.3 Å². The highest BCUT2D eigenvalue weighted by Crippen LogP contribution is 2.19. The fourth-order valence-electron chi connectivity index (χ4n) is 2.16. The highest BCUT2D eigenvalue weighted by atomic mass is 32.2. The molecule has 0 heterocycles. The van der Waals surface area contributed by atoms with Crippen molar-refractivity contribution < 1.29 is 13.2 Å². The van der Waals surface area contributed by atoms with Crippen LogP contribution in [0.25, 0.3) is 0 Å². The molecule has 1 aromatic rings. The normalized spacial score (nSPS) is 13.1. The van der Waals surface area contributed by atoms with Crippen LogP contribution >= 0.6 is 0 Å². The summed E-state index contributed by atoms with van der Waals surface area (Å²) >= 11 is 0. The van der Waals surface area contributed by atoms with Gasteiger partial charge in [0.05, 0.1) is 4.90 Å². The van der Waals surface area contributed by atoms with Crippen LogP contribution in [0, 0.1) is 5.92 Å². The van der Waals surface area contributed by atoms with Crippen LogP contribution in [0.3, 0.4) is 0 Å². The van der Waals surface area contributed by atoms with Gasteiger partial charge in [-0.1, -0.05) is 27.7 Å². The summed E-state index contributed by atoms with van der Waals surface area (Å²) in [7, 11) is -3.47. The Balaban J connectivity index is 2.91. The van der Waals surface area contributed by atoms with E-state index in [1.807, 2.05) is 27.7 Å². The molecule has 0 aliphatic rings. The van der Waals surface area contributed by atoms with Gasteiger partial charge >= 0.3 is 0 Å². The number of hydrogen-bond acceptors (Lipinski definition) is 3. The molecule has 0 aliphatic heterocycles. The molecule has 0 spiro atoms. The third kappa shape index (κ3) is 5.32. The van der Waals surface area contributed by atoms with Crippen molar-refractivity contribution in [2.75, 3.05) is 18.4 Å². The Kier molecular flexibility index (Phi) is 7.72. The largest absolute Gasteiger partial charge is 0.326 e. The molecule has 0 fully saturated rings. The number of carbonyl (C=O) groups excluding carboxylic acids is 1. The summed E-state index contributed by atoms with van der Waals surface area (Å²) in [5.74, 6) is -0.121. The van der Waals surface area contributed by atoms with Crippen molar-refractivity contribution >= 4 is 21.6 Å². The number of hydrogen-bond donors (Lipinski definition) is 1. The Morgan fingerprint density at radius 1 is 1.09 bits per heavy atom. The van der Waals surface area contributed by atoms with E-state index >= 15 is 0 Å². The predicted octanol–water partition coefficient (Wildman–Crippen LogP) is 3.48. The summed E-state index contributed by atoms with van der Waals surface area (Å²) in [5.41, 5.74) is 0.617. The number of amides is 1. The van der Waals surface area contributed by atoms with Gasteiger partial charge in [-0.05, 0) is 43.5 Å². The molecule has 130 valence electrons. The minimum absolute atomic E-state index is 0.0540. The van der Waals surface area contributed by atoms with Crippen LogP contribution in [0.4, 0.5) is 5.69 Å². The van der Waals surface area contributed by atoms with Gasteiger partial charge in [-0.2, -0.15) is 4.31 Å². The van der Waals surface area contributed by atoms with Crippen molar-refractivity contribution in [2.45, 2.75) is 51.9 Å². The number of nitrogens with one attached hydrogen (secondary N) is 1. The lowest BCUT2D eigenvalue weighted by Crippen LogP contribution is -2.32. The lowest BCUT2D eigenvalue weighted by molar-refractivity contribution is -0.119. The molecule has 6 heteroatoms. The highest BCUT2D eigenvalue weighted by Gasteiger charge is 2.23. The zero-order valence-corrected chi connectivity index (χ0v) is 15.3. The van der Waals surface area contributed by atoms with Crippen molar-refractivity contribution in [3.63, 3.8) is 0 Å². The maximum absolute atomic E-state index is 12.6. The molecule has 1 amide bonds. The summed E-state index contributed by atoms with van der Waals surface area (Å²) in [5, 5.41) is 2.80. The fraction of sp³-hybridized carbons (Fsp3) is 0.588. The van der Waals surface area contributed by atoms with Gasteiger partial charge in [-0.3, -0.25) is 4.79 Å². The molecule has 5 nitrogen and oxygen atoms in total. The third-order valence-corrected chi connectivity index (χ3v) is 5.68. The van der Waals surface area contributed by atoms with Crippen LogP contribution in [-0.4, -0.2) is 31.7 Å². The molecular formula is C17H28N2O3S. The summed E-state index contributed by atoms with van der Waals surface area (Å²) < 4.78 is 26.8. The number of carbonyl (C=O) groups is 1. The first-order chi connectivity index (χ1) is 10.9. The van der Waals surface area contributed by atoms with E-state index in [4.69, 9.17) is 0 Å². The van der Waals surface area contributed by atoms with Crippen LogP contribution in [0.2, 0.25) is 0 Å². The van der Waals surface area contributed by atoms with Gasteiger partial charge in [0.25, 0.3) is 0 Å². The lowest BCUT2D eigenvalue weighted by atomic mass is 10.1. The second-order valence-corrected chi connectivity index (χ2v) is 7.66. The lowest BCUT2D eigenvalue weighted by Gasteiger charge is -2.21. The van der Waals surface area contributed by atoms with Gasteiger partial charge in [-0.25, -0.2) is 8.42 Å². The summed E-state index contributed by atoms with van der Waals surface area (Å²) in [6, 6.07) is 6.40.